The van der Waals surface area contributed by atoms with E-state index in [4.69, 9.17) is 26.8 Å². The quantitative estimate of drug-likeness (QED) is 0.750. The lowest BCUT2D eigenvalue weighted by atomic mass is 10.1. The largest absolute Gasteiger partial charge is 0.496 e. The number of methoxy groups -OCH3 is 1. The van der Waals surface area contributed by atoms with Gasteiger partial charge in [-0.1, -0.05) is 11.6 Å². The molecule has 4 heteroatoms. The first kappa shape index (κ1) is 8.66. The maximum atomic E-state index is 5.85. The van der Waals surface area contributed by atoms with Crippen molar-refractivity contribution in [3.63, 3.8) is 0 Å². The topological polar surface area (TPSA) is 44.5 Å². The summed E-state index contributed by atoms with van der Waals surface area (Å²) in [5.41, 5.74) is 6.73. The molecule has 0 aromatic heterocycles. The van der Waals surface area contributed by atoms with Gasteiger partial charge in [-0.05, 0) is 12.1 Å². The lowest BCUT2D eigenvalue weighted by molar-refractivity contribution is 0.333. The molecule has 0 saturated carbocycles. The predicted molar refractivity (Wildman–Crippen MR) is 50.4 cm³/mol. The zero-order valence-corrected chi connectivity index (χ0v) is 7.97. The molecule has 2 N–H and O–H groups in total. The van der Waals surface area contributed by atoms with Crippen LogP contribution >= 0.6 is 11.6 Å². The second-order valence-corrected chi connectivity index (χ2v) is 3.37. The minimum Gasteiger partial charge on any atom is -0.496 e. The summed E-state index contributed by atoms with van der Waals surface area (Å²) in [5.74, 6) is 1.43. The first-order valence-corrected chi connectivity index (χ1v) is 4.36. The third kappa shape index (κ3) is 1.34. The summed E-state index contributed by atoms with van der Waals surface area (Å²) in [6.07, 6.45) is 0. The van der Waals surface area contributed by atoms with Gasteiger partial charge in [-0.3, -0.25) is 0 Å². The second kappa shape index (κ2) is 3.09. The van der Waals surface area contributed by atoms with Gasteiger partial charge in [-0.25, -0.2) is 0 Å². The lowest BCUT2D eigenvalue weighted by Crippen LogP contribution is -2.11. The first-order valence-electron chi connectivity index (χ1n) is 3.98. The highest BCUT2D eigenvalue weighted by molar-refractivity contribution is 6.30. The molecule has 3 nitrogen and oxygen atoms in total. The Bertz CT molecular complexity index is 341. The molecular weight excluding hydrogens is 190 g/mol. The fourth-order valence-corrected chi connectivity index (χ4v) is 1.68. The Balaban J connectivity index is 2.57. The predicted octanol–water partition coefficient (Wildman–Crippen LogP) is 1.74. The summed E-state index contributed by atoms with van der Waals surface area (Å²) in [6.45, 7) is 0.492. The summed E-state index contributed by atoms with van der Waals surface area (Å²) < 4.78 is 10.5. The van der Waals surface area contributed by atoms with Crippen molar-refractivity contribution in [2.45, 2.75) is 6.04 Å². The van der Waals surface area contributed by atoms with Crippen molar-refractivity contribution in [2.24, 2.45) is 5.73 Å². The zero-order chi connectivity index (χ0) is 9.42. The maximum Gasteiger partial charge on any atom is 0.129 e. The van der Waals surface area contributed by atoms with Crippen LogP contribution in [0.5, 0.6) is 11.5 Å². The Morgan fingerprint density at radius 1 is 1.62 bits per heavy atom. The molecule has 2 rings (SSSR count). The number of fused-ring (bicyclic) bond motifs is 1. The van der Waals surface area contributed by atoms with Crippen molar-refractivity contribution in [2.75, 3.05) is 13.7 Å². The average molecular weight is 200 g/mol. The number of halogens is 1. The highest BCUT2D eigenvalue weighted by atomic mass is 35.5. The van der Waals surface area contributed by atoms with Crippen LogP contribution in [0.15, 0.2) is 12.1 Å². The van der Waals surface area contributed by atoms with Gasteiger partial charge in [0, 0.05) is 5.02 Å². The summed E-state index contributed by atoms with van der Waals surface area (Å²) in [5, 5.41) is 0.602. The van der Waals surface area contributed by atoms with E-state index in [1.807, 2.05) is 0 Å². The van der Waals surface area contributed by atoms with E-state index in [2.05, 4.69) is 0 Å². The summed E-state index contributed by atoms with van der Waals surface area (Å²) in [4.78, 5) is 0. The highest BCUT2D eigenvalue weighted by Crippen LogP contribution is 2.40. The normalized spacial score (nSPS) is 19.5. The van der Waals surface area contributed by atoms with E-state index in [0.29, 0.717) is 17.4 Å². The van der Waals surface area contributed by atoms with Gasteiger partial charge in [0.25, 0.3) is 0 Å². The van der Waals surface area contributed by atoms with E-state index < -0.39 is 0 Å². The number of ether oxygens (including phenoxy) is 2. The fourth-order valence-electron chi connectivity index (χ4n) is 1.49. The molecule has 0 saturated heterocycles. The number of benzene rings is 1. The minimum atomic E-state index is -0.109. The van der Waals surface area contributed by atoms with E-state index in [9.17, 15) is 0 Å². The smallest absolute Gasteiger partial charge is 0.129 e. The molecule has 70 valence electrons. The molecule has 0 amide bonds. The molecule has 1 atom stereocenters. The highest BCUT2D eigenvalue weighted by Gasteiger charge is 2.25. The molecule has 0 radical (unpaired) electrons. The number of rotatable bonds is 1. The van der Waals surface area contributed by atoms with E-state index >= 15 is 0 Å². The molecule has 1 aromatic carbocycles. The molecule has 0 unspecified atom stereocenters. The van der Waals surface area contributed by atoms with Crippen molar-refractivity contribution in [3.8, 4) is 11.5 Å². The van der Waals surface area contributed by atoms with Gasteiger partial charge in [0.1, 0.15) is 18.1 Å². The Morgan fingerprint density at radius 2 is 2.38 bits per heavy atom. The van der Waals surface area contributed by atoms with Crippen molar-refractivity contribution in [3.05, 3.63) is 22.7 Å². The molecule has 0 fully saturated rings. The van der Waals surface area contributed by atoms with Crippen LogP contribution in [0.25, 0.3) is 0 Å². The van der Waals surface area contributed by atoms with Gasteiger partial charge >= 0.3 is 0 Å². The van der Waals surface area contributed by atoms with Crippen LogP contribution in [0.3, 0.4) is 0 Å². The lowest BCUT2D eigenvalue weighted by Gasteiger charge is -2.08. The summed E-state index contributed by atoms with van der Waals surface area (Å²) >= 11 is 5.85. The van der Waals surface area contributed by atoms with Crippen molar-refractivity contribution in [1.82, 2.24) is 0 Å². The van der Waals surface area contributed by atoms with Gasteiger partial charge in [0.15, 0.2) is 0 Å². The Labute approximate surface area is 81.4 Å². The van der Waals surface area contributed by atoms with Gasteiger partial charge in [-0.2, -0.15) is 0 Å². The van der Waals surface area contributed by atoms with Gasteiger partial charge in [0.2, 0.25) is 0 Å². The van der Waals surface area contributed by atoms with Gasteiger partial charge in [0.05, 0.1) is 18.7 Å². The zero-order valence-electron chi connectivity index (χ0n) is 7.21. The van der Waals surface area contributed by atoms with Gasteiger partial charge in [-0.15, -0.1) is 0 Å². The Hall–Kier alpha value is -0.930. The van der Waals surface area contributed by atoms with Crippen molar-refractivity contribution >= 4 is 11.6 Å². The van der Waals surface area contributed by atoms with E-state index in [1.54, 1.807) is 19.2 Å². The number of hydrogen-bond donors (Lipinski definition) is 1. The second-order valence-electron chi connectivity index (χ2n) is 2.94. The SMILES string of the molecule is COc1cc(Cl)cc2c1[C@H](N)CO2. The van der Waals surface area contributed by atoms with E-state index in [1.165, 1.54) is 0 Å². The third-order valence-electron chi connectivity index (χ3n) is 2.08. The molecule has 0 aliphatic carbocycles. The van der Waals surface area contributed by atoms with Gasteiger partial charge < -0.3 is 15.2 Å². The maximum absolute atomic E-state index is 5.85. The molecule has 1 heterocycles. The minimum absolute atomic E-state index is 0.109. The van der Waals surface area contributed by atoms with Crippen LogP contribution in [0.4, 0.5) is 0 Å². The van der Waals surface area contributed by atoms with Crippen LogP contribution in [-0.4, -0.2) is 13.7 Å². The number of nitrogens with two attached hydrogens (primary N) is 1. The van der Waals surface area contributed by atoms with Crippen molar-refractivity contribution in [1.29, 1.82) is 0 Å². The van der Waals surface area contributed by atoms with Crippen LogP contribution in [-0.2, 0) is 0 Å². The molecule has 1 aliphatic rings. The molecule has 1 aromatic rings. The molecular formula is C9H10ClNO2. The van der Waals surface area contributed by atoms with Crippen molar-refractivity contribution < 1.29 is 9.47 Å². The molecule has 13 heavy (non-hydrogen) atoms. The van der Waals surface area contributed by atoms with Crippen LogP contribution in [0, 0.1) is 0 Å². The van der Waals surface area contributed by atoms with E-state index in [-0.39, 0.29) is 6.04 Å². The number of hydrogen-bond acceptors (Lipinski definition) is 3. The standard InChI is InChI=1S/C9H10ClNO2/c1-12-7-2-5(10)3-8-9(7)6(11)4-13-8/h2-3,6H,4,11H2,1H3/t6-/m1/s1. The Morgan fingerprint density at radius 3 is 3.08 bits per heavy atom. The summed E-state index contributed by atoms with van der Waals surface area (Å²) in [6, 6.07) is 3.39. The molecule has 0 bridgehead atoms. The molecule has 0 spiro atoms. The van der Waals surface area contributed by atoms with E-state index in [0.717, 1.165) is 11.3 Å². The molecule has 1 aliphatic heterocycles. The summed E-state index contributed by atoms with van der Waals surface area (Å²) in [7, 11) is 1.59. The monoisotopic (exact) mass is 199 g/mol. The third-order valence-corrected chi connectivity index (χ3v) is 2.30. The van der Waals surface area contributed by atoms with Crippen LogP contribution in [0.2, 0.25) is 5.02 Å². The van der Waals surface area contributed by atoms with Crippen LogP contribution in [0.1, 0.15) is 11.6 Å². The Kier molecular flexibility index (Phi) is 2.06. The average Bonchev–Trinajstić information content (AvgIpc) is 2.46. The van der Waals surface area contributed by atoms with Crippen LogP contribution < -0.4 is 15.2 Å². The fraction of sp³-hybridized carbons (Fsp3) is 0.333. The first-order chi connectivity index (χ1) is 6.22.